The van der Waals surface area contributed by atoms with E-state index in [9.17, 15) is 14.4 Å². The van der Waals surface area contributed by atoms with Gasteiger partial charge in [0, 0.05) is 94.2 Å². The van der Waals surface area contributed by atoms with Gasteiger partial charge in [0.05, 0.1) is 35.6 Å². The van der Waals surface area contributed by atoms with Gasteiger partial charge in [-0.1, -0.05) is 157 Å². The molecule has 5 aromatic heterocycles. The summed E-state index contributed by atoms with van der Waals surface area (Å²) in [5.41, 5.74) is 8.86. The van der Waals surface area contributed by atoms with Crippen LogP contribution in [0.25, 0.3) is 0 Å². The second-order valence-electron chi connectivity index (χ2n) is 22.2. The van der Waals surface area contributed by atoms with E-state index in [0.717, 1.165) is 50.5 Å². The minimum Gasteiger partial charge on any atom is -0.493 e. The standard InChI is InChI=1S/2C27H25ClN2O3S.C26H26N2O3/c1-32-25-17-21(10-11-24(25)33-19-20-7-3-2-4-8-20)18-30(15-12-22-9-5-6-14-29-22)27(31)26-23(28)13-16-34-26;1-32-24-17-21(10-11-23(24)33-19-20-7-3-2-4-8-20)18-30(16-14-22-9-5-6-15-29-22)27(31)25-12-13-26(28)34-25;1-3-9-26(29)28(17-15-23-12-7-8-16-27-23)19-22-13-14-24(25(18-22)30-2)31-20-21-10-5-4-6-11-21/h2-11,13-14,16-17H,12,15,18-19H2,1H3;2-13,15,17H,14,16,18-19H2,1H3;4-8,10-14,16,18H,15,17,19-20H2,1-2H3. The summed E-state index contributed by atoms with van der Waals surface area (Å²) in [6.07, 6.45) is 7.24. The molecule has 0 saturated carbocycles. The van der Waals surface area contributed by atoms with Crippen LogP contribution in [0.15, 0.2) is 242 Å². The highest BCUT2D eigenvalue weighted by Gasteiger charge is 2.23. The molecule has 0 fully saturated rings. The van der Waals surface area contributed by atoms with E-state index in [1.807, 2.05) is 210 Å². The Morgan fingerprint density at radius 1 is 0.424 bits per heavy atom. The van der Waals surface area contributed by atoms with Crippen molar-refractivity contribution in [3.63, 3.8) is 0 Å². The summed E-state index contributed by atoms with van der Waals surface area (Å²) in [6.45, 7) is 5.85. The predicted molar refractivity (Wildman–Crippen MR) is 392 cm³/mol. The Labute approximate surface area is 597 Å². The Bertz CT molecular complexity index is 4360. The van der Waals surface area contributed by atoms with Gasteiger partial charge in [0.15, 0.2) is 34.5 Å². The number of amides is 3. The van der Waals surface area contributed by atoms with Crippen molar-refractivity contribution >= 4 is 63.6 Å². The van der Waals surface area contributed by atoms with Crippen LogP contribution < -0.4 is 28.4 Å². The number of aromatic nitrogens is 3. The predicted octanol–water partition coefficient (Wildman–Crippen LogP) is 16.8. The Morgan fingerprint density at radius 2 is 0.808 bits per heavy atom. The van der Waals surface area contributed by atoms with Gasteiger partial charge in [-0.25, -0.2) is 0 Å². The van der Waals surface area contributed by atoms with Crippen LogP contribution in [0.3, 0.4) is 0 Å². The van der Waals surface area contributed by atoms with Crippen molar-refractivity contribution in [2.45, 2.75) is 65.6 Å². The summed E-state index contributed by atoms with van der Waals surface area (Å²) in [4.78, 5) is 58.7. The largest absolute Gasteiger partial charge is 0.493 e. The van der Waals surface area contributed by atoms with E-state index in [1.54, 1.807) is 74.8 Å². The second-order valence-corrected chi connectivity index (χ2v) is 25.3. The lowest BCUT2D eigenvalue weighted by molar-refractivity contribution is -0.125. The highest BCUT2D eigenvalue weighted by atomic mass is 35.5. The Morgan fingerprint density at radius 3 is 1.15 bits per heavy atom. The summed E-state index contributed by atoms with van der Waals surface area (Å²) in [6, 6.07) is 69.8. The van der Waals surface area contributed by atoms with Gasteiger partial charge in [-0.3, -0.25) is 29.3 Å². The fourth-order valence-corrected chi connectivity index (χ4v) is 12.3. The molecule has 0 atom stereocenters. The summed E-state index contributed by atoms with van der Waals surface area (Å²) in [7, 11) is 4.84. The van der Waals surface area contributed by atoms with Gasteiger partial charge >= 0.3 is 0 Å². The van der Waals surface area contributed by atoms with Crippen LogP contribution in [0.2, 0.25) is 9.36 Å². The van der Waals surface area contributed by atoms with Crippen molar-refractivity contribution in [3.05, 3.63) is 312 Å². The Kier molecular flexibility index (Phi) is 28.7. The Balaban J connectivity index is 0.000000174. The third-order valence-corrected chi connectivity index (χ3v) is 17.8. The number of benzene rings is 6. The molecule has 19 heteroatoms. The van der Waals surface area contributed by atoms with Gasteiger partial charge in [-0.2, -0.15) is 0 Å². The van der Waals surface area contributed by atoms with Crippen molar-refractivity contribution in [2.24, 2.45) is 0 Å². The molecule has 0 saturated heterocycles. The molecular weight excluding hydrogens is 1320 g/mol. The van der Waals surface area contributed by atoms with Gasteiger partial charge in [-0.05, 0) is 143 Å². The van der Waals surface area contributed by atoms with E-state index >= 15 is 0 Å². The highest BCUT2D eigenvalue weighted by Crippen LogP contribution is 2.34. The van der Waals surface area contributed by atoms with E-state index in [-0.39, 0.29) is 17.7 Å². The van der Waals surface area contributed by atoms with Gasteiger partial charge < -0.3 is 43.1 Å². The summed E-state index contributed by atoms with van der Waals surface area (Å²) < 4.78 is 35.2. The molecular formula is C80H76Cl2N6O9S2. The molecule has 0 spiro atoms. The summed E-state index contributed by atoms with van der Waals surface area (Å²) in [5, 5.41) is 2.30. The highest BCUT2D eigenvalue weighted by molar-refractivity contribution is 7.18. The minimum atomic E-state index is -0.207. The van der Waals surface area contributed by atoms with Gasteiger partial charge in [-0.15, -0.1) is 22.7 Å². The van der Waals surface area contributed by atoms with E-state index in [2.05, 4.69) is 26.8 Å². The lowest BCUT2D eigenvalue weighted by Gasteiger charge is -2.23. The smallest absolute Gasteiger partial charge is 0.298 e. The van der Waals surface area contributed by atoms with Crippen molar-refractivity contribution < 1.29 is 42.8 Å². The molecule has 11 aromatic rings. The second kappa shape index (κ2) is 39.1. The first-order valence-electron chi connectivity index (χ1n) is 31.9. The SMILES string of the molecule is CC#CC(=O)N(CCc1ccccn1)Cc1ccc(OCc2ccccc2)c(OC)c1.COc1cc(CN(CCc2ccccn2)C(=O)c2ccc(Cl)s2)ccc1OCc1ccccc1.COc1cc(CN(CCc2ccccn2)C(=O)c2sccc2Cl)ccc1OCc1ccccc1. The maximum Gasteiger partial charge on any atom is 0.298 e. The van der Waals surface area contributed by atoms with Crippen LogP contribution >= 0.6 is 45.9 Å². The first-order valence-corrected chi connectivity index (χ1v) is 34.4. The third-order valence-electron chi connectivity index (χ3n) is 15.3. The lowest BCUT2D eigenvalue weighted by Crippen LogP contribution is -2.32. The van der Waals surface area contributed by atoms with Gasteiger partial charge in [0.1, 0.15) is 24.7 Å². The van der Waals surface area contributed by atoms with Crippen LogP contribution in [0, 0.1) is 11.8 Å². The molecule has 0 bridgehead atoms. The minimum absolute atomic E-state index is 0.0591. The maximum absolute atomic E-state index is 13.3. The quantitative estimate of drug-likeness (QED) is 0.0410. The zero-order chi connectivity index (χ0) is 69.4. The number of halogens is 2. The molecule has 0 radical (unpaired) electrons. The number of carbonyl (C=O) groups excluding carboxylic acids is 3. The van der Waals surface area contributed by atoms with E-state index in [1.165, 1.54) is 22.7 Å². The molecule has 0 aliphatic heterocycles. The molecule has 5 heterocycles. The number of hydrogen-bond donors (Lipinski definition) is 0. The first-order chi connectivity index (χ1) is 48.4. The number of pyridine rings is 3. The first kappa shape index (κ1) is 72.8. The van der Waals surface area contributed by atoms with E-state index < -0.39 is 0 Å². The summed E-state index contributed by atoms with van der Waals surface area (Å²) in [5.74, 6) is 8.83. The van der Waals surface area contributed by atoms with Gasteiger partial charge in [0.2, 0.25) is 0 Å². The van der Waals surface area contributed by atoms with Crippen molar-refractivity contribution in [2.75, 3.05) is 41.0 Å². The number of thiophene rings is 2. The van der Waals surface area contributed by atoms with Crippen molar-refractivity contribution in [3.8, 4) is 46.3 Å². The normalized spacial score (nSPS) is 10.4. The molecule has 506 valence electrons. The number of nitrogens with zero attached hydrogens (tertiary/aromatic N) is 6. The number of hydrogen-bond acceptors (Lipinski definition) is 14. The monoisotopic (exact) mass is 1400 g/mol. The molecule has 0 aliphatic carbocycles. The van der Waals surface area contributed by atoms with Crippen LogP contribution in [-0.2, 0) is 63.5 Å². The lowest BCUT2D eigenvalue weighted by atomic mass is 10.1. The number of carbonyl (C=O) groups is 3. The number of ether oxygens (including phenoxy) is 6. The molecule has 15 nitrogen and oxygen atoms in total. The zero-order valence-corrected chi connectivity index (χ0v) is 58.7. The van der Waals surface area contributed by atoms with E-state index in [0.29, 0.717) is 132 Å². The van der Waals surface area contributed by atoms with Crippen molar-refractivity contribution in [1.29, 1.82) is 0 Å². The molecule has 6 aromatic carbocycles. The van der Waals surface area contributed by atoms with Gasteiger partial charge in [0.25, 0.3) is 17.7 Å². The topological polar surface area (TPSA) is 155 Å². The number of methoxy groups -OCH3 is 3. The zero-order valence-electron chi connectivity index (χ0n) is 55.5. The van der Waals surface area contributed by atoms with Crippen molar-refractivity contribution in [1.82, 2.24) is 29.7 Å². The molecule has 0 aliphatic rings. The fraction of sp³-hybridized carbons (Fsp3) is 0.200. The average molecular weight is 1400 g/mol. The molecule has 0 N–H and O–H groups in total. The molecule has 0 unspecified atom stereocenters. The Hall–Kier alpha value is -10.5. The summed E-state index contributed by atoms with van der Waals surface area (Å²) >= 11 is 15.0. The van der Waals surface area contributed by atoms with Crippen LogP contribution in [0.4, 0.5) is 0 Å². The van der Waals surface area contributed by atoms with E-state index in [4.69, 9.17) is 51.6 Å². The maximum atomic E-state index is 13.3. The van der Waals surface area contributed by atoms with Crippen LogP contribution in [-0.4, -0.2) is 88.3 Å². The molecule has 3 amide bonds. The fourth-order valence-electron chi connectivity index (χ4n) is 10.2. The average Bonchev–Trinajstić information content (AvgIpc) is 1.78. The van der Waals surface area contributed by atoms with Crippen LogP contribution in [0.1, 0.15) is 76.7 Å². The van der Waals surface area contributed by atoms with Crippen LogP contribution in [0.5, 0.6) is 34.5 Å². The third kappa shape index (κ3) is 23.1. The molecule has 11 rings (SSSR count). The molecule has 99 heavy (non-hydrogen) atoms. The number of rotatable bonds is 29.